The molecule has 0 fully saturated rings. The van der Waals surface area contributed by atoms with Gasteiger partial charge in [-0.2, -0.15) is 8.42 Å². The predicted molar refractivity (Wildman–Crippen MR) is 149 cm³/mol. The van der Waals surface area contributed by atoms with Crippen LogP contribution in [0.3, 0.4) is 0 Å². The van der Waals surface area contributed by atoms with Crippen molar-refractivity contribution in [2.75, 3.05) is 13.3 Å². The number of halogens is 2. The third kappa shape index (κ3) is 5.94. The number of nitrogens with zero attached hydrogens (tertiary/aromatic N) is 1. The topological polar surface area (TPSA) is 55.7 Å². The Bertz CT molecular complexity index is 1490. The highest BCUT2D eigenvalue weighted by atomic mass is 32.2. The molecule has 4 nitrogen and oxygen atoms in total. The van der Waals surface area contributed by atoms with Crippen molar-refractivity contribution >= 4 is 26.6 Å². The van der Waals surface area contributed by atoms with Crippen molar-refractivity contribution in [2.24, 2.45) is 5.16 Å². The minimum atomic E-state index is -4.39. The van der Waals surface area contributed by atoms with Crippen molar-refractivity contribution < 1.29 is 21.5 Å². The second-order valence-electron chi connectivity index (χ2n) is 9.78. The summed E-state index contributed by atoms with van der Waals surface area (Å²) in [6.45, 7) is 5.75. The summed E-state index contributed by atoms with van der Waals surface area (Å²) in [5.74, 6) is -2.00. The Morgan fingerprint density at radius 3 is 1.71 bits per heavy atom. The number of fused-ring (bicyclic) bond motifs is 1. The molecule has 4 rings (SSSR count). The van der Waals surface area contributed by atoms with Gasteiger partial charge in [0.15, 0.2) is 0 Å². The molecule has 4 aromatic rings. The summed E-state index contributed by atoms with van der Waals surface area (Å²) in [7, 11) is -4.39. The fraction of sp³-hybridized carbons (Fsp3) is 0.258. The van der Waals surface area contributed by atoms with Gasteiger partial charge in [0, 0.05) is 5.39 Å². The Morgan fingerprint density at radius 2 is 1.21 bits per heavy atom. The van der Waals surface area contributed by atoms with Crippen molar-refractivity contribution in [3.63, 3.8) is 0 Å². The Kier molecular flexibility index (Phi) is 8.26. The monoisotopic (exact) mass is 535 g/mol. The third-order valence-electron chi connectivity index (χ3n) is 6.58. The van der Waals surface area contributed by atoms with Crippen LogP contribution in [0.1, 0.15) is 45.2 Å². The van der Waals surface area contributed by atoms with E-state index in [4.69, 9.17) is 4.28 Å². The highest BCUT2D eigenvalue weighted by Gasteiger charge is 2.31. The maximum atomic E-state index is 14.8. The second-order valence-corrected chi connectivity index (χ2v) is 11.3. The Labute approximate surface area is 223 Å². The van der Waals surface area contributed by atoms with E-state index in [1.165, 1.54) is 6.07 Å². The van der Waals surface area contributed by atoms with Crippen LogP contribution in [0.25, 0.3) is 10.8 Å². The lowest BCUT2D eigenvalue weighted by atomic mass is 9.82. The van der Waals surface area contributed by atoms with E-state index in [-0.39, 0.29) is 10.6 Å². The highest BCUT2D eigenvalue weighted by Crippen LogP contribution is 2.32. The van der Waals surface area contributed by atoms with E-state index in [0.29, 0.717) is 16.5 Å². The molecule has 2 atom stereocenters. The van der Waals surface area contributed by atoms with Gasteiger partial charge in [0.2, 0.25) is 0 Å². The summed E-state index contributed by atoms with van der Waals surface area (Å²) >= 11 is 0. The van der Waals surface area contributed by atoms with E-state index in [2.05, 4.69) is 5.16 Å². The number of hydrogen-bond acceptors (Lipinski definition) is 4. The maximum absolute atomic E-state index is 14.8. The van der Waals surface area contributed by atoms with E-state index in [1.807, 2.05) is 64.1 Å². The molecule has 0 saturated heterocycles. The molecule has 0 heterocycles. The standard InChI is InChI=1S/C31H31F2NO3S/c1-20-12-21(2)15-25(14-20)28(18-32)31(29(19-33)26-16-22(3)13-23(4)17-26)34-37-38(35,36)30-11-7-9-24-8-5-6-10-27(24)30/h5-17,28-29H,18-19H2,1-4H3. The van der Waals surface area contributed by atoms with Gasteiger partial charge in [-0.05, 0) is 50.3 Å². The molecule has 0 aliphatic heterocycles. The summed E-state index contributed by atoms with van der Waals surface area (Å²) in [5.41, 5.74) is 4.77. The number of alkyl halides is 2. The predicted octanol–water partition coefficient (Wildman–Crippen LogP) is 7.64. The van der Waals surface area contributed by atoms with Crippen molar-refractivity contribution in [1.29, 1.82) is 0 Å². The van der Waals surface area contributed by atoms with Crippen molar-refractivity contribution in [2.45, 2.75) is 44.4 Å². The van der Waals surface area contributed by atoms with Gasteiger partial charge >= 0.3 is 10.1 Å². The molecule has 2 unspecified atom stereocenters. The third-order valence-corrected chi connectivity index (χ3v) is 7.74. The van der Waals surface area contributed by atoms with Crippen molar-refractivity contribution in [3.8, 4) is 0 Å². The molecule has 0 radical (unpaired) electrons. The molecule has 0 aliphatic rings. The van der Waals surface area contributed by atoms with E-state index in [0.717, 1.165) is 27.6 Å². The molecule has 0 saturated carbocycles. The number of aryl methyl sites for hydroxylation is 4. The minimum Gasteiger partial charge on any atom is -0.265 e. The molecule has 0 aliphatic carbocycles. The summed E-state index contributed by atoms with van der Waals surface area (Å²) < 4.78 is 61.5. The second kappa shape index (κ2) is 11.4. The van der Waals surface area contributed by atoms with Crippen LogP contribution < -0.4 is 0 Å². The van der Waals surface area contributed by atoms with Gasteiger partial charge in [-0.25, -0.2) is 0 Å². The van der Waals surface area contributed by atoms with Crippen LogP contribution in [0.4, 0.5) is 8.78 Å². The molecule has 0 spiro atoms. The molecule has 38 heavy (non-hydrogen) atoms. The van der Waals surface area contributed by atoms with Crippen molar-refractivity contribution in [3.05, 3.63) is 112 Å². The van der Waals surface area contributed by atoms with Crippen LogP contribution in [0.2, 0.25) is 0 Å². The van der Waals surface area contributed by atoms with Crippen LogP contribution in [0, 0.1) is 27.7 Å². The summed E-state index contributed by atoms with van der Waals surface area (Å²) in [5, 5.41) is 5.23. The van der Waals surface area contributed by atoms with Crippen LogP contribution in [-0.2, 0) is 14.4 Å². The Balaban J connectivity index is 1.86. The first kappa shape index (κ1) is 27.5. The fourth-order valence-electron chi connectivity index (χ4n) is 5.02. The molecular formula is C31H31F2NO3S. The lowest BCUT2D eigenvalue weighted by Gasteiger charge is -2.24. The van der Waals surface area contributed by atoms with Gasteiger partial charge in [0.05, 0.1) is 17.5 Å². The average molecular weight is 536 g/mol. The quantitative estimate of drug-likeness (QED) is 0.163. The van der Waals surface area contributed by atoms with Crippen LogP contribution in [-0.4, -0.2) is 27.5 Å². The summed E-state index contributed by atoms with van der Waals surface area (Å²) in [4.78, 5) is -0.0647. The number of hydrogen-bond donors (Lipinski definition) is 0. The lowest BCUT2D eigenvalue weighted by Crippen LogP contribution is -2.25. The SMILES string of the molecule is Cc1cc(C)cc(C(CF)C(=NOS(=O)(=O)c2cccc3ccccc23)C(CF)c2cc(C)cc(C)c2)c1. The molecule has 0 N–H and O–H groups in total. The summed E-state index contributed by atoms with van der Waals surface area (Å²) in [6.07, 6.45) is 0. The van der Waals surface area contributed by atoms with Gasteiger partial charge in [-0.15, -0.1) is 0 Å². The largest absolute Gasteiger partial charge is 0.359 e. The lowest BCUT2D eigenvalue weighted by molar-refractivity contribution is 0.330. The first-order valence-electron chi connectivity index (χ1n) is 12.4. The smallest absolute Gasteiger partial charge is 0.265 e. The van der Waals surface area contributed by atoms with Gasteiger partial charge in [-0.3, -0.25) is 13.1 Å². The van der Waals surface area contributed by atoms with Gasteiger partial charge in [0.25, 0.3) is 0 Å². The average Bonchev–Trinajstić information content (AvgIpc) is 2.86. The van der Waals surface area contributed by atoms with Gasteiger partial charge in [0.1, 0.15) is 18.2 Å². The van der Waals surface area contributed by atoms with E-state index < -0.39 is 35.3 Å². The molecule has 198 valence electrons. The molecule has 4 aromatic carbocycles. The zero-order valence-corrected chi connectivity index (χ0v) is 22.7. The minimum absolute atomic E-state index is 0.0196. The Morgan fingerprint density at radius 1 is 0.737 bits per heavy atom. The van der Waals surface area contributed by atoms with Crippen LogP contribution in [0.15, 0.2) is 88.9 Å². The zero-order chi connectivity index (χ0) is 27.4. The first-order chi connectivity index (χ1) is 18.1. The highest BCUT2D eigenvalue weighted by molar-refractivity contribution is 7.87. The molecule has 7 heteroatoms. The number of rotatable bonds is 9. The maximum Gasteiger partial charge on any atom is 0.359 e. The normalized spacial score (nSPS) is 13.2. The van der Waals surface area contributed by atoms with Crippen LogP contribution in [0.5, 0.6) is 0 Å². The van der Waals surface area contributed by atoms with Crippen LogP contribution >= 0.6 is 0 Å². The zero-order valence-electron chi connectivity index (χ0n) is 21.9. The molecule has 0 amide bonds. The summed E-state index contributed by atoms with van der Waals surface area (Å²) in [6, 6.07) is 23.0. The Hall–Kier alpha value is -3.58. The van der Waals surface area contributed by atoms with Gasteiger partial charge in [-0.1, -0.05) is 100 Å². The first-order valence-corrected chi connectivity index (χ1v) is 13.8. The molecule has 0 bridgehead atoms. The van der Waals surface area contributed by atoms with E-state index >= 15 is 0 Å². The fourth-order valence-corrected chi connectivity index (χ4v) is 5.98. The molecule has 0 aromatic heterocycles. The number of oxime groups is 1. The molecular weight excluding hydrogens is 504 g/mol. The van der Waals surface area contributed by atoms with Gasteiger partial charge < -0.3 is 0 Å². The van der Waals surface area contributed by atoms with E-state index in [1.54, 1.807) is 36.4 Å². The number of benzene rings is 4. The van der Waals surface area contributed by atoms with E-state index in [9.17, 15) is 17.2 Å². The van der Waals surface area contributed by atoms with Crippen molar-refractivity contribution in [1.82, 2.24) is 0 Å².